The summed E-state index contributed by atoms with van der Waals surface area (Å²) in [5.41, 5.74) is 15.4. The van der Waals surface area contributed by atoms with Crippen LogP contribution in [-0.4, -0.2) is 12.6 Å². The highest BCUT2D eigenvalue weighted by Gasteiger charge is 2.52. The molecule has 0 saturated carbocycles. The number of carbonyl (C=O) groups is 2. The molecule has 2 aliphatic carbocycles. The molecule has 0 atom stereocenters. The molecule has 82 heavy (non-hydrogen) atoms. The van der Waals surface area contributed by atoms with E-state index in [0.717, 1.165) is 39.9 Å². The largest absolute Gasteiger partial charge is 0.297 e. The van der Waals surface area contributed by atoms with Gasteiger partial charge < -0.3 is 0 Å². The Bertz CT molecular complexity index is 3650. The predicted octanol–water partition coefficient (Wildman–Crippen LogP) is 24.4. The van der Waals surface area contributed by atoms with E-state index < -0.39 is 5.41 Å². The Kier molecular flexibility index (Phi) is 19.7. The van der Waals surface area contributed by atoms with Gasteiger partial charge in [0.15, 0.2) is 12.6 Å². The third kappa shape index (κ3) is 11.6. The van der Waals surface area contributed by atoms with Crippen molar-refractivity contribution in [3.63, 3.8) is 0 Å². The molecule has 6 aromatic heterocycles. The van der Waals surface area contributed by atoms with Gasteiger partial charge in [0.2, 0.25) is 0 Å². The first kappa shape index (κ1) is 59.6. The molecule has 0 fully saturated rings. The number of unbranched alkanes of at least 4 members (excludes halogenated alkanes) is 12. The molecular formula is C72H74Br2O2S6. The van der Waals surface area contributed by atoms with Gasteiger partial charge in [-0.2, -0.15) is 0 Å². The highest BCUT2D eigenvalue weighted by Crippen LogP contribution is 2.66. The van der Waals surface area contributed by atoms with Crippen LogP contribution in [0.15, 0.2) is 129 Å². The smallest absolute Gasteiger partial charge is 0.160 e. The van der Waals surface area contributed by atoms with Crippen LogP contribution in [-0.2, 0) is 36.5 Å². The number of fused-ring (bicyclic) bond motifs is 10. The third-order valence-corrected chi connectivity index (χ3v) is 25.5. The van der Waals surface area contributed by atoms with Gasteiger partial charge in [0.1, 0.15) is 0 Å². The van der Waals surface area contributed by atoms with E-state index in [1.54, 1.807) is 34.0 Å². The lowest BCUT2D eigenvalue weighted by molar-refractivity contribution is 0.111. The van der Waals surface area contributed by atoms with E-state index in [0.29, 0.717) is 0 Å². The molecular weight excluding hydrogens is 1250 g/mol. The number of carbonyl (C=O) groups excluding carboxylic acids is 2. The van der Waals surface area contributed by atoms with Crippen molar-refractivity contribution in [3.8, 4) is 19.5 Å². The van der Waals surface area contributed by atoms with Gasteiger partial charge in [-0.05, 0) is 163 Å². The van der Waals surface area contributed by atoms with E-state index >= 15 is 0 Å². The quantitative estimate of drug-likeness (QED) is 0.0400. The van der Waals surface area contributed by atoms with Crippen LogP contribution in [0.5, 0.6) is 0 Å². The lowest BCUT2D eigenvalue weighted by Gasteiger charge is -2.33. The maximum atomic E-state index is 12.1. The van der Waals surface area contributed by atoms with Crippen molar-refractivity contribution in [1.29, 1.82) is 0 Å². The van der Waals surface area contributed by atoms with E-state index in [4.69, 9.17) is 0 Å². The van der Waals surface area contributed by atoms with Gasteiger partial charge in [0.25, 0.3) is 0 Å². The zero-order valence-electron chi connectivity index (χ0n) is 47.9. The normalized spacial score (nSPS) is 13.5. The van der Waals surface area contributed by atoms with Gasteiger partial charge in [-0.1, -0.05) is 202 Å². The molecule has 4 aromatic carbocycles. The second-order valence-electron chi connectivity index (χ2n) is 22.6. The van der Waals surface area contributed by atoms with Crippen molar-refractivity contribution in [2.24, 2.45) is 0 Å². The first-order valence-corrected chi connectivity index (χ1v) is 36.7. The Labute approximate surface area is 527 Å². The molecule has 0 spiro atoms. The summed E-state index contributed by atoms with van der Waals surface area (Å²) in [6.07, 6.45) is 27.0. The maximum Gasteiger partial charge on any atom is 0.160 e. The highest BCUT2D eigenvalue weighted by atomic mass is 79.9. The molecule has 0 saturated heterocycles. The Morgan fingerprint density at radius 3 is 1.09 bits per heavy atom. The molecule has 0 aliphatic heterocycles. The average molecular weight is 1320 g/mol. The summed E-state index contributed by atoms with van der Waals surface area (Å²) in [5.74, 6) is 0. The van der Waals surface area contributed by atoms with Gasteiger partial charge in [0.05, 0.1) is 57.1 Å². The molecule has 2 nitrogen and oxygen atoms in total. The summed E-state index contributed by atoms with van der Waals surface area (Å²) in [4.78, 5) is 30.8. The average Bonchev–Trinajstić information content (AvgIpc) is 3.07. The minimum Gasteiger partial charge on any atom is -0.297 e. The second kappa shape index (κ2) is 27.1. The monoisotopic (exact) mass is 1320 g/mol. The Hall–Kier alpha value is -4.10. The fourth-order valence-electron chi connectivity index (χ4n) is 13.1. The molecule has 424 valence electrons. The Balaban J connectivity index is 0.000000172. The minimum atomic E-state index is -0.535. The van der Waals surface area contributed by atoms with Crippen LogP contribution in [0.2, 0.25) is 0 Å². The Morgan fingerprint density at radius 2 is 0.695 bits per heavy atom. The van der Waals surface area contributed by atoms with Crippen molar-refractivity contribution in [1.82, 2.24) is 0 Å². The Morgan fingerprint density at radius 1 is 0.354 bits per heavy atom. The summed E-state index contributed by atoms with van der Waals surface area (Å²) < 4.78 is 7.60. The van der Waals surface area contributed by atoms with E-state index in [1.165, 1.54) is 224 Å². The molecule has 0 amide bonds. The molecule has 0 N–H and O–H groups in total. The molecule has 0 unspecified atom stereocenters. The molecule has 12 rings (SSSR count). The van der Waals surface area contributed by atoms with Crippen LogP contribution in [0.3, 0.4) is 0 Å². The van der Waals surface area contributed by atoms with E-state index in [2.05, 4.69) is 175 Å². The number of halogens is 2. The van der Waals surface area contributed by atoms with Crippen LogP contribution in [0, 0.1) is 0 Å². The van der Waals surface area contributed by atoms with Crippen molar-refractivity contribution in [2.75, 3.05) is 0 Å². The predicted molar refractivity (Wildman–Crippen MR) is 367 cm³/mol. The minimum absolute atomic E-state index is 0.308. The first-order valence-electron chi connectivity index (χ1n) is 30.2. The molecule has 10 heteroatoms. The molecule has 10 aromatic rings. The number of benzene rings is 4. The summed E-state index contributed by atoms with van der Waals surface area (Å²) in [6, 6.07) is 46.7. The van der Waals surface area contributed by atoms with Gasteiger partial charge in [0, 0.05) is 20.5 Å². The SMILES string of the molecule is CCCCCCc1ccc(C2(c3ccc(CCCCCC)cc3)c3cc(Br)sc3-c3sc4cc(Br)sc4c32)cc1.CCCCCCc1ccc(C2(c3ccc(CCCCCC)cc3)c3cc(C=O)sc3-c3sc4cc(C=O)sc4c32)cc1. The van der Waals surface area contributed by atoms with Crippen LogP contribution in [0.25, 0.3) is 38.3 Å². The number of aryl methyl sites for hydroxylation is 4. The van der Waals surface area contributed by atoms with Crippen LogP contribution in [0.4, 0.5) is 0 Å². The van der Waals surface area contributed by atoms with Crippen molar-refractivity contribution in [2.45, 2.75) is 167 Å². The van der Waals surface area contributed by atoms with Crippen LogP contribution >= 0.6 is 99.9 Å². The molecule has 6 heterocycles. The third-order valence-electron chi connectivity index (χ3n) is 17.2. The lowest BCUT2D eigenvalue weighted by atomic mass is 9.68. The fraction of sp³-hybridized carbons (Fsp3) is 0.361. The van der Waals surface area contributed by atoms with E-state index in [9.17, 15) is 9.59 Å². The number of aldehydes is 2. The van der Waals surface area contributed by atoms with Gasteiger partial charge in [-0.3, -0.25) is 9.59 Å². The zero-order chi connectivity index (χ0) is 56.8. The topological polar surface area (TPSA) is 34.1 Å². The summed E-state index contributed by atoms with van der Waals surface area (Å²) >= 11 is 18.4. The number of thiophene rings is 6. The van der Waals surface area contributed by atoms with Gasteiger partial charge in [-0.25, -0.2) is 0 Å². The standard InChI is InChI=1S/C37H38O2S3.C35H36Br2S3/c1-3-5-7-9-11-25-13-17-27(18-14-25)37(28-19-15-26(16-20-28)12-10-8-6-4-2)31-21-29(23-38)40-34(31)36-33(37)35-32(42-36)22-30(24-39)41-35;1-3-5-7-9-11-23-13-17-25(18-14-23)35(26-19-15-24(16-20-26)12-10-8-6-4-2)27-21-29(36)39-32(27)34-31(35)33-28(38-34)22-30(37)40-33/h13-24H,3-12H2,1-2H3;13-22H,3-12H2,1-2H3. The lowest BCUT2D eigenvalue weighted by Crippen LogP contribution is -2.28. The maximum absolute atomic E-state index is 12.1. The molecule has 0 radical (unpaired) electrons. The van der Waals surface area contributed by atoms with Crippen molar-refractivity contribution in [3.05, 3.63) is 205 Å². The number of hydrogen-bond acceptors (Lipinski definition) is 8. The summed E-state index contributed by atoms with van der Waals surface area (Å²) in [5, 5.41) is 0. The number of hydrogen-bond donors (Lipinski definition) is 0. The first-order chi connectivity index (χ1) is 40.2. The van der Waals surface area contributed by atoms with Crippen molar-refractivity contribution < 1.29 is 9.59 Å². The number of rotatable bonds is 26. The van der Waals surface area contributed by atoms with Gasteiger partial charge in [-0.15, -0.1) is 68.0 Å². The molecule has 0 bridgehead atoms. The summed E-state index contributed by atoms with van der Waals surface area (Å²) in [6.45, 7) is 9.08. The highest BCUT2D eigenvalue weighted by molar-refractivity contribution is 9.11. The van der Waals surface area contributed by atoms with Gasteiger partial charge >= 0.3 is 0 Å². The zero-order valence-corrected chi connectivity index (χ0v) is 55.9. The van der Waals surface area contributed by atoms with Crippen LogP contribution < -0.4 is 0 Å². The van der Waals surface area contributed by atoms with E-state index in [1.807, 2.05) is 40.1 Å². The van der Waals surface area contributed by atoms with E-state index in [-0.39, 0.29) is 5.41 Å². The second-order valence-corrected chi connectivity index (χ2v) is 31.8. The van der Waals surface area contributed by atoms with Crippen molar-refractivity contribution >= 4 is 131 Å². The molecule has 2 aliphatic rings. The van der Waals surface area contributed by atoms with Crippen LogP contribution in [0.1, 0.15) is 217 Å². The fourth-order valence-corrected chi connectivity index (χ4v) is 22.0. The summed E-state index contributed by atoms with van der Waals surface area (Å²) in [7, 11) is 0.